The van der Waals surface area contributed by atoms with Gasteiger partial charge in [0, 0.05) is 30.1 Å². The molecule has 2 aliphatic rings. The average molecular weight is 316 g/mol. The van der Waals surface area contributed by atoms with Crippen molar-refractivity contribution in [2.75, 3.05) is 19.8 Å². The number of nitrogens with one attached hydrogen (secondary N) is 1. The molecule has 3 rings (SSSR count). The summed E-state index contributed by atoms with van der Waals surface area (Å²) in [7, 11) is -3.40. The molecule has 1 aromatic heterocycles. The van der Waals surface area contributed by atoms with Crippen LogP contribution in [0.3, 0.4) is 0 Å². The lowest BCUT2D eigenvalue weighted by Gasteiger charge is -2.32. The van der Waals surface area contributed by atoms with Crippen LogP contribution in [0.25, 0.3) is 0 Å². The van der Waals surface area contributed by atoms with Gasteiger partial charge in [0.25, 0.3) is 0 Å². The van der Waals surface area contributed by atoms with Gasteiger partial charge in [-0.15, -0.1) is 11.3 Å². The van der Waals surface area contributed by atoms with Crippen LogP contribution in [-0.2, 0) is 21.3 Å². The minimum atomic E-state index is -3.40. The van der Waals surface area contributed by atoms with Gasteiger partial charge in [0.2, 0.25) is 10.0 Å². The van der Waals surface area contributed by atoms with Gasteiger partial charge in [0.15, 0.2) is 0 Å². The third kappa shape index (κ3) is 2.92. The van der Waals surface area contributed by atoms with Gasteiger partial charge in [-0.1, -0.05) is 0 Å². The first-order chi connectivity index (χ1) is 9.59. The molecule has 5 nitrogen and oxygen atoms in total. The first kappa shape index (κ1) is 14.5. The molecule has 0 spiro atoms. The molecule has 7 heteroatoms. The van der Waals surface area contributed by atoms with Crippen LogP contribution < -0.4 is 5.32 Å². The SMILES string of the molecule is CC1COCCN1S(=O)(=O)c1ccsc1CNC1CC1. The van der Waals surface area contributed by atoms with Crippen LogP contribution in [0.15, 0.2) is 16.3 Å². The Bertz CT molecular complexity index is 566. The number of sulfonamides is 1. The Labute approximate surface area is 124 Å². The van der Waals surface area contributed by atoms with Gasteiger partial charge in [-0.25, -0.2) is 8.42 Å². The Morgan fingerprint density at radius 2 is 2.30 bits per heavy atom. The summed E-state index contributed by atoms with van der Waals surface area (Å²) in [5.74, 6) is 0. The Hall–Kier alpha value is -0.470. The Morgan fingerprint density at radius 3 is 3.00 bits per heavy atom. The Morgan fingerprint density at radius 1 is 1.50 bits per heavy atom. The summed E-state index contributed by atoms with van der Waals surface area (Å²) in [6.07, 6.45) is 2.40. The molecule has 1 saturated heterocycles. The lowest BCUT2D eigenvalue weighted by molar-refractivity contribution is 0.0392. The van der Waals surface area contributed by atoms with Crippen LogP contribution in [0.2, 0.25) is 0 Å². The number of hydrogen-bond acceptors (Lipinski definition) is 5. The van der Waals surface area contributed by atoms with Gasteiger partial charge in [-0.3, -0.25) is 0 Å². The molecular formula is C13H20N2O3S2. The van der Waals surface area contributed by atoms with E-state index < -0.39 is 10.0 Å². The molecule has 1 saturated carbocycles. The van der Waals surface area contributed by atoms with Gasteiger partial charge in [0.1, 0.15) is 0 Å². The van der Waals surface area contributed by atoms with Crippen molar-refractivity contribution in [2.24, 2.45) is 0 Å². The fourth-order valence-corrected chi connectivity index (χ4v) is 5.38. The summed E-state index contributed by atoms with van der Waals surface area (Å²) in [4.78, 5) is 1.37. The van der Waals surface area contributed by atoms with Crippen LogP contribution in [-0.4, -0.2) is 44.6 Å². The lowest BCUT2D eigenvalue weighted by atomic mass is 10.3. The van der Waals surface area contributed by atoms with Crippen molar-refractivity contribution in [3.05, 3.63) is 16.3 Å². The molecule has 0 amide bonds. The predicted molar refractivity (Wildman–Crippen MR) is 78.4 cm³/mol. The Kier molecular flexibility index (Phi) is 4.14. The van der Waals surface area contributed by atoms with E-state index in [2.05, 4.69) is 5.32 Å². The van der Waals surface area contributed by atoms with Crippen molar-refractivity contribution in [3.8, 4) is 0 Å². The zero-order valence-corrected chi connectivity index (χ0v) is 13.2. The van der Waals surface area contributed by atoms with Gasteiger partial charge in [-0.2, -0.15) is 4.31 Å². The fraction of sp³-hybridized carbons (Fsp3) is 0.692. The standard InChI is InChI=1S/C13H20N2O3S2/c1-10-9-18-6-5-15(10)20(16,17)13-4-7-19-12(13)8-14-11-2-3-11/h4,7,10-11,14H,2-3,5-6,8-9H2,1H3. The summed E-state index contributed by atoms with van der Waals surface area (Å²) < 4.78 is 32.5. The summed E-state index contributed by atoms with van der Waals surface area (Å²) >= 11 is 1.51. The van der Waals surface area contributed by atoms with Gasteiger partial charge >= 0.3 is 0 Å². The van der Waals surface area contributed by atoms with E-state index in [9.17, 15) is 8.42 Å². The van der Waals surface area contributed by atoms with Crippen LogP contribution in [0, 0.1) is 0 Å². The van der Waals surface area contributed by atoms with E-state index in [1.807, 2.05) is 12.3 Å². The molecule has 1 aromatic rings. The van der Waals surface area contributed by atoms with Crippen LogP contribution >= 0.6 is 11.3 Å². The van der Waals surface area contributed by atoms with Crippen molar-refractivity contribution >= 4 is 21.4 Å². The van der Waals surface area contributed by atoms with Crippen molar-refractivity contribution in [1.82, 2.24) is 9.62 Å². The average Bonchev–Trinajstić information content (AvgIpc) is 3.12. The minimum Gasteiger partial charge on any atom is -0.378 e. The maximum atomic E-state index is 12.8. The van der Waals surface area contributed by atoms with Crippen molar-refractivity contribution < 1.29 is 13.2 Å². The number of morpholine rings is 1. The van der Waals surface area contributed by atoms with Crippen LogP contribution in [0.1, 0.15) is 24.6 Å². The molecule has 0 radical (unpaired) electrons. The van der Waals surface area contributed by atoms with Crippen molar-refractivity contribution in [2.45, 2.75) is 43.3 Å². The third-order valence-electron chi connectivity index (χ3n) is 3.73. The number of hydrogen-bond donors (Lipinski definition) is 1. The number of rotatable bonds is 5. The van der Waals surface area contributed by atoms with Gasteiger partial charge in [0.05, 0.1) is 18.1 Å². The summed E-state index contributed by atoms with van der Waals surface area (Å²) in [6, 6.07) is 2.21. The monoisotopic (exact) mass is 316 g/mol. The second kappa shape index (κ2) is 5.73. The zero-order valence-electron chi connectivity index (χ0n) is 11.5. The molecule has 112 valence electrons. The van der Waals surface area contributed by atoms with E-state index in [4.69, 9.17) is 4.74 Å². The summed E-state index contributed by atoms with van der Waals surface area (Å²) in [5.41, 5.74) is 0. The number of nitrogens with zero attached hydrogens (tertiary/aromatic N) is 1. The third-order valence-corrected chi connectivity index (χ3v) is 6.87. The van der Waals surface area contributed by atoms with Gasteiger partial charge in [-0.05, 0) is 31.2 Å². The van der Waals surface area contributed by atoms with E-state index in [0.717, 1.165) is 4.88 Å². The highest BCUT2D eigenvalue weighted by Gasteiger charge is 2.33. The van der Waals surface area contributed by atoms with Crippen LogP contribution in [0.4, 0.5) is 0 Å². The predicted octanol–water partition coefficient (Wildman–Crippen LogP) is 1.41. The first-order valence-electron chi connectivity index (χ1n) is 6.98. The van der Waals surface area contributed by atoms with E-state index in [1.165, 1.54) is 24.2 Å². The zero-order chi connectivity index (χ0) is 14.2. The van der Waals surface area contributed by atoms with E-state index >= 15 is 0 Å². The molecule has 20 heavy (non-hydrogen) atoms. The highest BCUT2D eigenvalue weighted by atomic mass is 32.2. The van der Waals surface area contributed by atoms with E-state index in [1.54, 1.807) is 10.4 Å². The largest absolute Gasteiger partial charge is 0.378 e. The van der Waals surface area contributed by atoms with E-state index in [-0.39, 0.29) is 6.04 Å². The molecule has 2 heterocycles. The molecule has 1 N–H and O–H groups in total. The maximum Gasteiger partial charge on any atom is 0.244 e. The highest BCUT2D eigenvalue weighted by molar-refractivity contribution is 7.89. The molecule has 0 aromatic carbocycles. The molecule has 1 aliphatic heterocycles. The lowest BCUT2D eigenvalue weighted by Crippen LogP contribution is -2.47. The maximum absolute atomic E-state index is 12.8. The molecule has 1 unspecified atom stereocenters. The highest BCUT2D eigenvalue weighted by Crippen LogP contribution is 2.28. The second-order valence-corrected chi connectivity index (χ2v) is 8.26. The van der Waals surface area contributed by atoms with Crippen molar-refractivity contribution in [1.29, 1.82) is 0 Å². The topological polar surface area (TPSA) is 58.6 Å². The van der Waals surface area contributed by atoms with Crippen molar-refractivity contribution in [3.63, 3.8) is 0 Å². The summed E-state index contributed by atoms with van der Waals surface area (Å²) in [5, 5.41) is 5.25. The fourth-order valence-electron chi connectivity index (χ4n) is 2.41. The molecule has 1 aliphatic carbocycles. The number of ether oxygens (including phenoxy) is 1. The molecule has 1 atom stereocenters. The summed E-state index contributed by atoms with van der Waals surface area (Å²) in [6.45, 7) is 3.93. The normalized spacial score (nSPS) is 24.9. The quantitative estimate of drug-likeness (QED) is 0.892. The number of thiophene rings is 1. The molecule has 0 bridgehead atoms. The Balaban J connectivity index is 1.80. The molecular weight excluding hydrogens is 296 g/mol. The smallest absolute Gasteiger partial charge is 0.244 e. The minimum absolute atomic E-state index is 0.0992. The molecule has 2 fully saturated rings. The van der Waals surface area contributed by atoms with Gasteiger partial charge < -0.3 is 10.1 Å². The first-order valence-corrected chi connectivity index (χ1v) is 9.30. The second-order valence-electron chi connectivity index (χ2n) is 5.40. The van der Waals surface area contributed by atoms with E-state index in [0.29, 0.717) is 37.2 Å². The van der Waals surface area contributed by atoms with Crippen LogP contribution in [0.5, 0.6) is 0 Å².